The maximum absolute atomic E-state index is 14.0. The van der Waals surface area contributed by atoms with E-state index in [0.29, 0.717) is 18.6 Å². The summed E-state index contributed by atoms with van der Waals surface area (Å²) in [4.78, 5) is 27.9. The lowest BCUT2D eigenvalue weighted by Crippen LogP contribution is -2.59. The largest absolute Gasteiger partial charge is 0.507 e. The lowest BCUT2D eigenvalue weighted by Gasteiger charge is -2.48. The summed E-state index contributed by atoms with van der Waals surface area (Å²) in [5, 5.41) is 67.3. The number of hydrogen-bond donors (Lipinski definition) is 6. The van der Waals surface area contributed by atoms with Gasteiger partial charge >= 0.3 is 0 Å². The molecule has 2 aliphatic heterocycles. The highest BCUT2D eigenvalue weighted by Crippen LogP contribution is 2.52. The van der Waals surface area contributed by atoms with Gasteiger partial charge in [0, 0.05) is 71.6 Å². The zero-order valence-electron chi connectivity index (χ0n) is 29.4. The van der Waals surface area contributed by atoms with E-state index in [1.54, 1.807) is 19.9 Å². The van der Waals surface area contributed by atoms with Crippen molar-refractivity contribution in [1.82, 2.24) is 5.06 Å². The first-order valence-corrected chi connectivity index (χ1v) is 16.7. The van der Waals surface area contributed by atoms with Crippen LogP contribution in [0.4, 0.5) is 0 Å². The van der Waals surface area contributed by atoms with Crippen molar-refractivity contribution < 1.29 is 49.4 Å². The summed E-state index contributed by atoms with van der Waals surface area (Å²) in [6, 6.07) is 3.82. The van der Waals surface area contributed by atoms with Crippen LogP contribution < -0.4 is 10.5 Å². The smallest absolute Gasteiger partial charge is 0.202 e. The number of rotatable bonds is 5. The Morgan fingerprint density at radius 3 is 2.28 bits per heavy atom. The predicted molar refractivity (Wildman–Crippen MR) is 181 cm³/mol. The highest BCUT2D eigenvalue weighted by Gasteiger charge is 2.49. The average molecular weight is 695 g/mol. The van der Waals surface area contributed by atoms with E-state index in [2.05, 4.69) is 10.2 Å². The number of aliphatic hydroxyl groups is 2. The number of aliphatic hydroxyl groups excluding tert-OH is 1. The van der Waals surface area contributed by atoms with Gasteiger partial charge in [0.1, 0.15) is 22.8 Å². The summed E-state index contributed by atoms with van der Waals surface area (Å²) in [6.07, 6.45) is -3.44. The van der Waals surface area contributed by atoms with Gasteiger partial charge in [-0.25, -0.2) is 0 Å². The van der Waals surface area contributed by atoms with E-state index >= 15 is 0 Å². The van der Waals surface area contributed by atoms with Crippen LogP contribution in [0.25, 0.3) is 0 Å². The van der Waals surface area contributed by atoms with Gasteiger partial charge in [-0.05, 0) is 47.6 Å². The fraction of sp³-hybridized carbons (Fsp3) is 0.556. The van der Waals surface area contributed by atoms with E-state index in [4.69, 9.17) is 19.9 Å². The minimum Gasteiger partial charge on any atom is -0.507 e. The van der Waals surface area contributed by atoms with Crippen LogP contribution in [0.2, 0.25) is 0 Å². The second-order valence-corrected chi connectivity index (χ2v) is 15.2. The van der Waals surface area contributed by atoms with Crippen LogP contribution >= 0.6 is 0 Å². The maximum atomic E-state index is 14.0. The SMILES string of the molecule is COc1cccc2c1C(=O)c1c(O)c3c(c(O)c1C2=O)C[C@@](O)(/C(C)=N/N=C1CC(C)(C)N(O)C(C)(C)C1)C[C@@H]3O[C@H]1CC(N)[C@@H](O)C(C)O1. The number of carbonyl (C=O) groups excluding carboxylic acids is 2. The Morgan fingerprint density at radius 1 is 1.02 bits per heavy atom. The van der Waals surface area contributed by atoms with Gasteiger partial charge in [0.15, 0.2) is 12.1 Å². The number of hydroxylamine groups is 2. The van der Waals surface area contributed by atoms with Gasteiger partial charge in [0.2, 0.25) is 5.78 Å². The van der Waals surface area contributed by atoms with E-state index in [1.807, 2.05) is 27.7 Å². The molecule has 2 aromatic carbocycles. The average Bonchev–Trinajstić information content (AvgIpc) is 3.04. The van der Waals surface area contributed by atoms with E-state index in [0.717, 1.165) is 0 Å². The summed E-state index contributed by atoms with van der Waals surface area (Å²) >= 11 is 0. The first kappa shape index (κ1) is 36.0. The highest BCUT2D eigenvalue weighted by molar-refractivity contribution is 6.31. The van der Waals surface area contributed by atoms with Gasteiger partial charge in [-0.15, -0.1) is 0 Å². The number of benzene rings is 2. The Morgan fingerprint density at radius 2 is 1.66 bits per heavy atom. The summed E-state index contributed by atoms with van der Waals surface area (Å²) in [6.45, 7) is 10.8. The summed E-state index contributed by atoms with van der Waals surface area (Å²) in [7, 11) is 1.36. The Balaban J connectivity index is 1.46. The number of piperidine rings is 1. The Hall–Kier alpha value is -3.76. The minimum absolute atomic E-state index is 0.000790. The van der Waals surface area contributed by atoms with Crippen molar-refractivity contribution in [2.45, 2.75) is 121 Å². The number of phenolic OH excluding ortho intramolecular Hbond substituents is 2. The Kier molecular flexibility index (Phi) is 8.99. The standard InChI is InChI=1S/C36H46N4O10/c1-16-29(41)21(37)11-24(49-16)50-23-15-36(46,17(2)38-39-18-12-34(3,4)40(47)35(5,6)13-18)14-20-26(23)33(45)28-27(31(20)43)30(42)19-9-8-10-22(48-7)25(19)32(28)44/h8-10,16,21,23-24,29,41,43,45-47H,11-15,37H2,1-7H3/b38-17+/t16?,21?,23-,24-,29-,36-/m0/s1. The third kappa shape index (κ3) is 5.82. The monoisotopic (exact) mass is 694 g/mol. The van der Waals surface area contributed by atoms with Crippen molar-refractivity contribution in [1.29, 1.82) is 0 Å². The van der Waals surface area contributed by atoms with Crippen molar-refractivity contribution in [3.8, 4) is 17.2 Å². The number of phenols is 2. The molecule has 0 radical (unpaired) electrons. The molecule has 2 fully saturated rings. The predicted octanol–water partition coefficient (Wildman–Crippen LogP) is 3.30. The molecule has 2 heterocycles. The molecule has 270 valence electrons. The van der Waals surface area contributed by atoms with Crippen LogP contribution in [-0.2, 0) is 15.9 Å². The first-order valence-electron chi connectivity index (χ1n) is 16.7. The van der Waals surface area contributed by atoms with Crippen molar-refractivity contribution >= 4 is 23.0 Å². The molecule has 7 N–H and O–H groups in total. The quantitative estimate of drug-likeness (QED) is 0.129. The lowest BCUT2D eigenvalue weighted by atomic mass is 9.71. The third-order valence-corrected chi connectivity index (χ3v) is 10.6. The molecule has 0 saturated carbocycles. The topological polar surface area (TPSA) is 217 Å². The van der Waals surface area contributed by atoms with Crippen LogP contribution in [0, 0.1) is 0 Å². The van der Waals surface area contributed by atoms with E-state index in [-0.39, 0.29) is 53.0 Å². The van der Waals surface area contributed by atoms with Crippen molar-refractivity contribution in [2.24, 2.45) is 15.9 Å². The van der Waals surface area contributed by atoms with Crippen molar-refractivity contribution in [3.63, 3.8) is 0 Å². The number of aromatic hydroxyl groups is 2. The van der Waals surface area contributed by atoms with Gasteiger partial charge < -0.3 is 45.6 Å². The van der Waals surface area contributed by atoms with Gasteiger partial charge in [-0.2, -0.15) is 15.3 Å². The van der Waals surface area contributed by atoms with Gasteiger partial charge in [0.05, 0.1) is 47.8 Å². The minimum atomic E-state index is -1.81. The zero-order valence-corrected chi connectivity index (χ0v) is 29.4. The van der Waals surface area contributed by atoms with Gasteiger partial charge in [-0.3, -0.25) is 9.59 Å². The molecular weight excluding hydrogens is 648 g/mol. The molecule has 6 rings (SSSR count). The summed E-state index contributed by atoms with van der Waals surface area (Å²) in [5.41, 5.74) is 3.18. The fourth-order valence-electron chi connectivity index (χ4n) is 8.01. The van der Waals surface area contributed by atoms with Crippen LogP contribution in [0.5, 0.6) is 17.2 Å². The molecular formula is C36H46N4O10. The molecule has 0 bridgehead atoms. The number of fused-ring (bicyclic) bond motifs is 3. The number of hydrogen-bond acceptors (Lipinski definition) is 14. The molecule has 0 spiro atoms. The molecule has 2 saturated heterocycles. The summed E-state index contributed by atoms with van der Waals surface area (Å²) < 4.78 is 17.6. The molecule has 0 amide bonds. The lowest BCUT2D eigenvalue weighted by molar-refractivity contribution is -0.245. The van der Waals surface area contributed by atoms with Crippen LogP contribution in [-0.4, -0.2) is 102 Å². The second-order valence-electron chi connectivity index (χ2n) is 15.2. The normalized spacial score (nSPS) is 30.7. The van der Waals surface area contributed by atoms with Crippen LogP contribution in [0.3, 0.4) is 0 Å². The number of nitrogens with zero attached hydrogens (tertiary/aromatic N) is 3. The van der Waals surface area contributed by atoms with E-state index in [1.165, 1.54) is 24.3 Å². The van der Waals surface area contributed by atoms with Gasteiger partial charge in [0.25, 0.3) is 0 Å². The van der Waals surface area contributed by atoms with Gasteiger partial charge in [-0.1, -0.05) is 12.1 Å². The fourth-order valence-corrected chi connectivity index (χ4v) is 8.01. The van der Waals surface area contributed by atoms with E-state index in [9.17, 15) is 35.2 Å². The third-order valence-electron chi connectivity index (χ3n) is 10.6. The molecule has 50 heavy (non-hydrogen) atoms. The molecule has 14 heteroatoms. The number of nitrogens with two attached hydrogens (primary N) is 1. The Labute approximate surface area is 290 Å². The molecule has 2 unspecified atom stereocenters. The zero-order chi connectivity index (χ0) is 36.7. The van der Waals surface area contributed by atoms with Crippen LogP contribution in [0.15, 0.2) is 28.4 Å². The molecule has 0 aromatic heterocycles. The molecule has 6 atom stereocenters. The van der Waals surface area contributed by atoms with Crippen LogP contribution in [0.1, 0.15) is 116 Å². The second kappa shape index (κ2) is 12.5. The molecule has 2 aliphatic carbocycles. The number of methoxy groups -OCH3 is 1. The number of ether oxygens (including phenoxy) is 3. The molecule has 14 nitrogen and oxygen atoms in total. The molecule has 2 aromatic rings. The highest BCUT2D eigenvalue weighted by atomic mass is 16.7. The number of carbonyl (C=O) groups is 2. The molecule has 4 aliphatic rings. The van der Waals surface area contributed by atoms with E-state index < -0.39 is 81.5 Å². The maximum Gasteiger partial charge on any atom is 0.202 e. The Bertz CT molecular complexity index is 1790. The van der Waals surface area contributed by atoms with Crippen molar-refractivity contribution in [2.75, 3.05) is 7.11 Å². The first-order chi connectivity index (χ1) is 23.3. The van der Waals surface area contributed by atoms with Crippen molar-refractivity contribution in [3.05, 3.63) is 51.6 Å². The number of ketones is 2. The summed E-state index contributed by atoms with van der Waals surface area (Å²) in [5.74, 6) is -2.43.